The normalized spacial score (nSPS) is 18.3. The van der Waals surface area contributed by atoms with Crippen LogP contribution in [-0.4, -0.2) is 26.0 Å². The minimum atomic E-state index is -0.527. The summed E-state index contributed by atoms with van der Waals surface area (Å²) in [5.41, 5.74) is 0. The molecule has 2 atom stereocenters. The Balaban J connectivity index is 2.11. The summed E-state index contributed by atoms with van der Waals surface area (Å²) in [4.78, 5) is 11.5. The first kappa shape index (κ1) is 12.4. The summed E-state index contributed by atoms with van der Waals surface area (Å²) in [5.74, 6) is 1.67. The van der Waals surface area contributed by atoms with Gasteiger partial charge in [-0.05, 0) is 26.7 Å². The number of nitrogens with zero attached hydrogens (tertiary/aromatic N) is 3. The highest BCUT2D eigenvalue weighted by atomic mass is 35.5. The van der Waals surface area contributed by atoms with Gasteiger partial charge < -0.3 is 9.88 Å². The number of hydrogen-bond donors (Lipinski definition) is 1. The molecule has 0 fully saturated rings. The number of halogens is 1. The number of carbonyl (C=O) groups is 1. The molecular weight excluding hydrogens is 240 g/mol. The van der Waals surface area contributed by atoms with E-state index in [9.17, 15) is 4.79 Å². The summed E-state index contributed by atoms with van der Waals surface area (Å²) in [6.07, 6.45) is 3.28. The van der Waals surface area contributed by atoms with Gasteiger partial charge in [0.2, 0.25) is 5.91 Å². The molecule has 1 aliphatic rings. The molecule has 1 amide bonds. The first-order valence-electron chi connectivity index (χ1n) is 5.96. The number of amides is 1. The topological polar surface area (TPSA) is 59.8 Å². The fourth-order valence-corrected chi connectivity index (χ4v) is 2.11. The van der Waals surface area contributed by atoms with Gasteiger partial charge in [0.1, 0.15) is 11.2 Å². The minimum Gasteiger partial charge on any atom is -0.345 e. The molecule has 0 radical (unpaired) electrons. The van der Waals surface area contributed by atoms with Crippen molar-refractivity contribution < 1.29 is 4.79 Å². The average molecular weight is 257 g/mol. The van der Waals surface area contributed by atoms with E-state index in [0.29, 0.717) is 0 Å². The van der Waals surface area contributed by atoms with Gasteiger partial charge in [0, 0.05) is 13.0 Å². The maximum atomic E-state index is 11.5. The smallest absolute Gasteiger partial charge is 0.238 e. The van der Waals surface area contributed by atoms with E-state index in [4.69, 9.17) is 11.6 Å². The Kier molecular flexibility index (Phi) is 3.66. The van der Waals surface area contributed by atoms with Crippen molar-refractivity contribution in [3.8, 4) is 0 Å². The summed E-state index contributed by atoms with van der Waals surface area (Å²) >= 11 is 5.72. The van der Waals surface area contributed by atoms with Crippen molar-refractivity contribution in [3.05, 3.63) is 11.6 Å². The van der Waals surface area contributed by atoms with Crippen molar-refractivity contribution >= 4 is 17.5 Å². The molecule has 0 saturated carbocycles. The van der Waals surface area contributed by atoms with Crippen LogP contribution in [-0.2, 0) is 17.8 Å². The number of nitrogens with one attached hydrogen (secondary N) is 1. The summed E-state index contributed by atoms with van der Waals surface area (Å²) in [5, 5.41) is 10.6. The van der Waals surface area contributed by atoms with Crippen LogP contribution in [0.25, 0.3) is 0 Å². The molecule has 0 bridgehead atoms. The number of fused-ring (bicyclic) bond motifs is 1. The second-order valence-corrected chi connectivity index (χ2v) is 5.08. The van der Waals surface area contributed by atoms with Crippen LogP contribution in [0.3, 0.4) is 0 Å². The van der Waals surface area contributed by atoms with Crippen molar-refractivity contribution in [3.63, 3.8) is 0 Å². The summed E-state index contributed by atoms with van der Waals surface area (Å²) in [6.45, 7) is 4.50. The van der Waals surface area contributed by atoms with Crippen molar-refractivity contribution in [2.45, 2.75) is 51.1 Å². The van der Waals surface area contributed by atoms with E-state index in [-0.39, 0.29) is 11.9 Å². The van der Waals surface area contributed by atoms with Crippen molar-refractivity contribution in [1.29, 1.82) is 0 Å². The number of rotatable bonds is 3. The van der Waals surface area contributed by atoms with Crippen LogP contribution in [0.1, 0.15) is 44.4 Å². The molecule has 0 aliphatic carbocycles. The molecule has 0 saturated heterocycles. The van der Waals surface area contributed by atoms with Crippen molar-refractivity contribution in [1.82, 2.24) is 20.1 Å². The summed E-state index contributed by atoms with van der Waals surface area (Å²) in [7, 11) is 0. The van der Waals surface area contributed by atoms with Crippen molar-refractivity contribution in [2.75, 3.05) is 0 Å². The van der Waals surface area contributed by atoms with Crippen LogP contribution in [0, 0.1) is 0 Å². The zero-order valence-corrected chi connectivity index (χ0v) is 10.9. The highest BCUT2D eigenvalue weighted by Gasteiger charge is 2.22. The van der Waals surface area contributed by atoms with Gasteiger partial charge in [0.15, 0.2) is 5.82 Å². The Morgan fingerprint density at radius 2 is 2.18 bits per heavy atom. The number of aromatic nitrogens is 3. The van der Waals surface area contributed by atoms with E-state index in [1.165, 1.54) is 0 Å². The zero-order valence-electron chi connectivity index (χ0n) is 10.1. The Bertz CT molecular complexity index is 416. The van der Waals surface area contributed by atoms with Crippen LogP contribution < -0.4 is 5.32 Å². The molecule has 2 unspecified atom stereocenters. The lowest BCUT2D eigenvalue weighted by atomic mass is 10.1. The molecule has 2 rings (SSSR count). The first-order chi connectivity index (χ1) is 8.09. The molecule has 1 N–H and O–H groups in total. The Hall–Kier alpha value is -1.10. The predicted octanol–water partition coefficient (Wildman–Crippen LogP) is 1.42. The molecule has 17 heavy (non-hydrogen) atoms. The van der Waals surface area contributed by atoms with Gasteiger partial charge >= 0.3 is 0 Å². The first-order valence-corrected chi connectivity index (χ1v) is 6.39. The lowest BCUT2D eigenvalue weighted by Gasteiger charge is -2.19. The molecule has 6 heteroatoms. The average Bonchev–Trinajstić information content (AvgIpc) is 2.72. The van der Waals surface area contributed by atoms with E-state index in [1.807, 2.05) is 6.92 Å². The van der Waals surface area contributed by atoms with Crippen molar-refractivity contribution in [2.24, 2.45) is 0 Å². The maximum Gasteiger partial charge on any atom is 0.238 e. The van der Waals surface area contributed by atoms with Gasteiger partial charge in [0.05, 0.1) is 6.04 Å². The standard InChI is InChI=1S/C11H17ClN4O/c1-7(12)11(17)13-8(2)10-15-14-9-5-3-4-6-16(9)10/h7-8H,3-6H2,1-2H3,(H,13,17). The summed E-state index contributed by atoms with van der Waals surface area (Å²) in [6, 6.07) is -0.150. The summed E-state index contributed by atoms with van der Waals surface area (Å²) < 4.78 is 2.10. The van der Waals surface area contributed by atoms with Gasteiger partial charge in [-0.15, -0.1) is 21.8 Å². The number of aryl methyl sites for hydroxylation is 1. The van der Waals surface area contributed by atoms with Gasteiger partial charge in [-0.1, -0.05) is 0 Å². The third kappa shape index (κ3) is 2.60. The quantitative estimate of drug-likeness (QED) is 0.832. The van der Waals surface area contributed by atoms with E-state index in [0.717, 1.165) is 37.5 Å². The third-order valence-corrected chi connectivity index (χ3v) is 3.19. The maximum absolute atomic E-state index is 11.5. The molecule has 5 nitrogen and oxygen atoms in total. The van der Waals surface area contributed by atoms with Gasteiger partial charge in [-0.3, -0.25) is 4.79 Å². The number of hydrogen-bond acceptors (Lipinski definition) is 3. The second kappa shape index (κ2) is 5.04. The highest BCUT2D eigenvalue weighted by molar-refractivity contribution is 6.30. The van der Waals surface area contributed by atoms with Crippen LogP contribution in [0.5, 0.6) is 0 Å². The van der Waals surface area contributed by atoms with Gasteiger partial charge in [-0.25, -0.2) is 0 Å². The van der Waals surface area contributed by atoms with Gasteiger partial charge in [-0.2, -0.15) is 0 Å². The van der Waals surface area contributed by atoms with E-state index < -0.39 is 5.38 Å². The lowest BCUT2D eigenvalue weighted by Crippen LogP contribution is -2.33. The van der Waals surface area contributed by atoms with E-state index in [1.54, 1.807) is 6.92 Å². The van der Waals surface area contributed by atoms with E-state index >= 15 is 0 Å². The molecule has 1 aromatic rings. The SMILES string of the molecule is CC(Cl)C(=O)NC(C)c1nnc2n1CCCC2. The minimum absolute atomic E-state index is 0.150. The molecule has 2 heterocycles. The van der Waals surface area contributed by atoms with Crippen LogP contribution in [0.2, 0.25) is 0 Å². The molecule has 0 spiro atoms. The highest BCUT2D eigenvalue weighted by Crippen LogP contribution is 2.18. The Labute approximate surface area is 106 Å². The molecule has 1 aliphatic heterocycles. The monoisotopic (exact) mass is 256 g/mol. The van der Waals surface area contributed by atoms with Crippen LogP contribution in [0.4, 0.5) is 0 Å². The Morgan fingerprint density at radius 1 is 1.41 bits per heavy atom. The molecular formula is C11H17ClN4O. The number of carbonyl (C=O) groups excluding carboxylic acids is 1. The van der Waals surface area contributed by atoms with Crippen LogP contribution in [0.15, 0.2) is 0 Å². The molecule has 1 aromatic heterocycles. The lowest BCUT2D eigenvalue weighted by molar-refractivity contribution is -0.121. The fourth-order valence-electron chi connectivity index (χ4n) is 2.04. The molecule has 0 aromatic carbocycles. The third-order valence-electron chi connectivity index (χ3n) is 3.00. The second-order valence-electron chi connectivity index (χ2n) is 4.43. The predicted molar refractivity (Wildman–Crippen MR) is 64.8 cm³/mol. The Morgan fingerprint density at radius 3 is 2.88 bits per heavy atom. The van der Waals surface area contributed by atoms with E-state index in [2.05, 4.69) is 20.1 Å². The van der Waals surface area contributed by atoms with Crippen LogP contribution >= 0.6 is 11.6 Å². The zero-order chi connectivity index (χ0) is 12.4. The fraction of sp³-hybridized carbons (Fsp3) is 0.727. The van der Waals surface area contributed by atoms with Gasteiger partial charge in [0.25, 0.3) is 0 Å². The largest absolute Gasteiger partial charge is 0.345 e. The number of alkyl halides is 1. The molecule has 94 valence electrons.